The number of benzene rings is 2. The number of nitrogens with one attached hydrogen (secondary N) is 1. The van der Waals surface area contributed by atoms with Gasteiger partial charge >= 0.3 is 5.97 Å². The Morgan fingerprint density at radius 1 is 1.11 bits per heavy atom. The van der Waals surface area contributed by atoms with Gasteiger partial charge in [0.05, 0.1) is 18.3 Å². The van der Waals surface area contributed by atoms with Gasteiger partial charge in [-0.15, -0.1) is 0 Å². The van der Waals surface area contributed by atoms with Crippen molar-refractivity contribution >= 4 is 46.3 Å². The average molecular weight is 489 g/mol. The highest BCUT2D eigenvalue weighted by atomic mass is 35.5. The molecule has 0 atom stereocenters. The van der Waals surface area contributed by atoms with E-state index in [2.05, 4.69) is 22.5 Å². The van der Waals surface area contributed by atoms with Crippen LogP contribution in [-0.4, -0.2) is 33.2 Å². The van der Waals surface area contributed by atoms with E-state index >= 15 is 0 Å². The van der Waals surface area contributed by atoms with Gasteiger partial charge in [-0.05, 0) is 68.7 Å². The van der Waals surface area contributed by atoms with Crippen LogP contribution in [0.25, 0.3) is 22.8 Å². The molecule has 2 aromatic heterocycles. The number of halogens is 1. The summed E-state index contributed by atoms with van der Waals surface area (Å²) in [5, 5.41) is 8.69. The van der Waals surface area contributed by atoms with Gasteiger partial charge in [0, 0.05) is 16.5 Å². The number of hydrogen-bond donors (Lipinski definition) is 1. The van der Waals surface area contributed by atoms with Crippen molar-refractivity contribution in [1.82, 2.24) is 14.8 Å². The van der Waals surface area contributed by atoms with Crippen molar-refractivity contribution in [2.75, 3.05) is 11.9 Å². The summed E-state index contributed by atoms with van der Waals surface area (Å²) in [6.07, 6.45) is 4.32. The zero-order valence-corrected chi connectivity index (χ0v) is 20.7. The lowest BCUT2D eigenvalue weighted by molar-refractivity contribution is -0.111. The summed E-state index contributed by atoms with van der Waals surface area (Å²) in [6, 6.07) is 13.2. The minimum absolute atomic E-state index is 0.131. The molecule has 1 N–H and O–H groups in total. The molecular weight excluding hydrogens is 464 g/mol. The maximum absolute atomic E-state index is 12.8. The van der Waals surface area contributed by atoms with Crippen molar-refractivity contribution in [2.24, 2.45) is 0 Å². The van der Waals surface area contributed by atoms with Crippen LogP contribution in [0.2, 0.25) is 5.02 Å². The minimum atomic E-state index is -0.589. The second-order valence-electron chi connectivity index (χ2n) is 8.16. The predicted octanol–water partition coefficient (Wildman–Crippen LogP) is 5.83. The number of fused-ring (bicyclic) bond motifs is 1. The normalized spacial score (nSPS) is 11.2. The first-order chi connectivity index (χ1) is 16.8. The molecule has 0 fully saturated rings. The summed E-state index contributed by atoms with van der Waals surface area (Å²) in [5.74, 6) is -0.397. The Kier molecular flexibility index (Phi) is 6.98. The molecule has 0 radical (unpaired) electrons. The third kappa shape index (κ3) is 5.10. The molecule has 2 heterocycles. The van der Waals surface area contributed by atoms with Crippen molar-refractivity contribution < 1.29 is 14.3 Å². The molecule has 1 amide bonds. The molecule has 7 nitrogen and oxygen atoms in total. The smallest absolute Gasteiger partial charge is 0.343 e. The molecule has 8 heteroatoms. The second kappa shape index (κ2) is 10.1. The zero-order chi connectivity index (χ0) is 25.1. The number of ether oxygens (including phenoxy) is 1. The Morgan fingerprint density at radius 3 is 2.63 bits per heavy atom. The van der Waals surface area contributed by atoms with E-state index in [1.807, 2.05) is 39.0 Å². The lowest BCUT2D eigenvalue weighted by atomic mass is 10.0. The summed E-state index contributed by atoms with van der Waals surface area (Å²) >= 11 is 6.18. The summed E-state index contributed by atoms with van der Waals surface area (Å²) in [5.41, 5.74) is 4.83. The maximum Gasteiger partial charge on any atom is 0.343 e. The zero-order valence-electron chi connectivity index (χ0n) is 19.9. The standard InChI is InChI=1S/C27H25ClN4O3/c1-5-35-27(34)21-15-29-32(23-14-17(3)20-13-16(2)12-18(4)25(20)30-23)26(21)31-24(33)11-10-19-8-6-7-9-22(19)28/h6-15H,5H2,1-4H3,(H,31,33)/b11-10+. The number of anilines is 1. The van der Waals surface area contributed by atoms with Gasteiger partial charge in [-0.25, -0.2) is 9.78 Å². The molecule has 2 aromatic carbocycles. The van der Waals surface area contributed by atoms with Gasteiger partial charge < -0.3 is 10.1 Å². The number of aryl methyl sites for hydroxylation is 3. The van der Waals surface area contributed by atoms with Crippen LogP contribution < -0.4 is 5.32 Å². The first-order valence-corrected chi connectivity index (χ1v) is 11.5. The fourth-order valence-electron chi connectivity index (χ4n) is 3.87. The molecule has 0 aliphatic carbocycles. The number of pyridine rings is 1. The minimum Gasteiger partial charge on any atom is -0.462 e. The SMILES string of the molecule is CCOC(=O)c1cnn(-c2cc(C)c3cc(C)cc(C)c3n2)c1NC(=O)/C=C/c1ccccc1Cl. The van der Waals surface area contributed by atoms with Crippen LogP contribution in [0.15, 0.2) is 54.7 Å². The molecule has 0 aliphatic rings. The van der Waals surface area contributed by atoms with E-state index in [-0.39, 0.29) is 18.0 Å². The van der Waals surface area contributed by atoms with Crippen LogP contribution in [0.1, 0.15) is 39.5 Å². The topological polar surface area (TPSA) is 86.1 Å². The van der Waals surface area contributed by atoms with E-state index in [4.69, 9.17) is 21.3 Å². The highest BCUT2D eigenvalue weighted by molar-refractivity contribution is 6.32. The first kappa shape index (κ1) is 24.2. The lowest BCUT2D eigenvalue weighted by Gasteiger charge is -2.13. The van der Waals surface area contributed by atoms with E-state index in [9.17, 15) is 9.59 Å². The molecule has 0 bridgehead atoms. The fraction of sp³-hybridized carbons (Fsp3) is 0.185. The molecule has 0 saturated heterocycles. The first-order valence-electron chi connectivity index (χ1n) is 11.2. The van der Waals surface area contributed by atoms with E-state index in [0.717, 1.165) is 27.6 Å². The number of carbonyl (C=O) groups is 2. The quantitative estimate of drug-likeness (QED) is 0.272. The third-order valence-electron chi connectivity index (χ3n) is 5.48. The molecule has 0 saturated carbocycles. The van der Waals surface area contributed by atoms with Crippen molar-refractivity contribution in [3.8, 4) is 5.82 Å². The molecule has 35 heavy (non-hydrogen) atoms. The van der Waals surface area contributed by atoms with Gasteiger partial charge in [-0.3, -0.25) is 4.79 Å². The van der Waals surface area contributed by atoms with Crippen LogP contribution in [0.4, 0.5) is 5.82 Å². The lowest BCUT2D eigenvalue weighted by Crippen LogP contribution is -2.16. The maximum atomic E-state index is 12.8. The van der Waals surface area contributed by atoms with Crippen molar-refractivity contribution in [3.05, 3.63) is 87.6 Å². The van der Waals surface area contributed by atoms with Crippen molar-refractivity contribution in [2.45, 2.75) is 27.7 Å². The van der Waals surface area contributed by atoms with Gasteiger partial charge in [0.25, 0.3) is 0 Å². The predicted molar refractivity (Wildman–Crippen MR) is 138 cm³/mol. The van der Waals surface area contributed by atoms with Gasteiger partial charge in [0.15, 0.2) is 11.6 Å². The number of nitrogens with zero attached hydrogens (tertiary/aromatic N) is 3. The van der Waals surface area contributed by atoms with E-state index in [1.54, 1.807) is 25.1 Å². The van der Waals surface area contributed by atoms with Crippen molar-refractivity contribution in [3.63, 3.8) is 0 Å². The highest BCUT2D eigenvalue weighted by Crippen LogP contribution is 2.27. The van der Waals surface area contributed by atoms with Crippen molar-refractivity contribution in [1.29, 1.82) is 0 Å². The number of carbonyl (C=O) groups excluding carboxylic acids is 2. The Balaban J connectivity index is 1.77. The molecule has 4 aromatic rings. The molecule has 0 spiro atoms. The summed E-state index contributed by atoms with van der Waals surface area (Å²) in [4.78, 5) is 30.2. The molecule has 0 aliphatic heterocycles. The van der Waals surface area contributed by atoms with Gasteiger partial charge in [0.1, 0.15) is 5.56 Å². The number of aromatic nitrogens is 3. The summed E-state index contributed by atoms with van der Waals surface area (Å²) in [6.45, 7) is 7.94. The molecular formula is C27H25ClN4O3. The fourth-order valence-corrected chi connectivity index (χ4v) is 4.07. The Bertz CT molecular complexity index is 1470. The second-order valence-corrected chi connectivity index (χ2v) is 8.57. The van der Waals surface area contributed by atoms with Gasteiger partial charge in [0.2, 0.25) is 5.91 Å². The van der Waals surface area contributed by atoms with Gasteiger partial charge in [-0.2, -0.15) is 9.78 Å². The van der Waals surface area contributed by atoms with E-state index < -0.39 is 11.9 Å². The van der Waals surface area contributed by atoms with Crippen LogP contribution in [0, 0.1) is 20.8 Å². The Labute approximate surface area is 208 Å². The summed E-state index contributed by atoms with van der Waals surface area (Å²) < 4.78 is 6.61. The van der Waals surface area contributed by atoms with E-state index in [1.165, 1.54) is 17.0 Å². The van der Waals surface area contributed by atoms with Crippen LogP contribution >= 0.6 is 11.6 Å². The molecule has 0 unspecified atom stereocenters. The number of esters is 1. The summed E-state index contributed by atoms with van der Waals surface area (Å²) in [7, 11) is 0. The highest BCUT2D eigenvalue weighted by Gasteiger charge is 2.22. The van der Waals surface area contributed by atoms with E-state index in [0.29, 0.717) is 16.4 Å². The Hall–Kier alpha value is -3.97. The third-order valence-corrected chi connectivity index (χ3v) is 5.83. The van der Waals surface area contributed by atoms with Crippen LogP contribution in [0.3, 0.4) is 0 Å². The molecule has 4 rings (SSSR count). The average Bonchev–Trinajstić information content (AvgIpc) is 3.22. The number of amides is 1. The number of hydrogen-bond acceptors (Lipinski definition) is 5. The van der Waals surface area contributed by atoms with Crippen LogP contribution in [-0.2, 0) is 9.53 Å². The largest absolute Gasteiger partial charge is 0.462 e. The molecule has 178 valence electrons. The number of rotatable bonds is 6. The monoisotopic (exact) mass is 488 g/mol. The Morgan fingerprint density at radius 2 is 1.89 bits per heavy atom. The van der Waals surface area contributed by atoms with Crippen LogP contribution in [0.5, 0.6) is 0 Å². The van der Waals surface area contributed by atoms with Gasteiger partial charge in [-0.1, -0.05) is 41.4 Å².